The second-order valence-corrected chi connectivity index (χ2v) is 8.80. The molecule has 1 saturated heterocycles. The smallest absolute Gasteiger partial charge is 0.315 e. The molecule has 10 heteroatoms. The van der Waals surface area contributed by atoms with Crippen molar-refractivity contribution in [1.29, 1.82) is 0 Å². The van der Waals surface area contributed by atoms with E-state index in [0.29, 0.717) is 36.6 Å². The molecule has 0 radical (unpaired) electrons. The van der Waals surface area contributed by atoms with Crippen molar-refractivity contribution >= 4 is 29.2 Å². The fourth-order valence-corrected chi connectivity index (χ4v) is 4.62. The topological polar surface area (TPSA) is 117 Å². The van der Waals surface area contributed by atoms with Gasteiger partial charge in [0.05, 0.1) is 19.0 Å². The first-order valence-corrected chi connectivity index (χ1v) is 11.4. The van der Waals surface area contributed by atoms with E-state index in [9.17, 15) is 19.5 Å². The molecule has 3 amide bonds. The molecular formula is C22H25N3O6S. The lowest BCUT2D eigenvalue weighted by Crippen LogP contribution is -2.50. The lowest BCUT2D eigenvalue weighted by atomic mass is 10.0. The molecule has 0 bridgehead atoms. The predicted molar refractivity (Wildman–Crippen MR) is 117 cm³/mol. The van der Waals surface area contributed by atoms with Crippen LogP contribution in [0.1, 0.15) is 42.2 Å². The number of ether oxygens (including phenoxy) is 2. The molecule has 32 heavy (non-hydrogen) atoms. The molecule has 2 aromatic rings. The number of thiophene rings is 1. The number of likely N-dealkylation sites (tertiary alicyclic amines) is 1. The number of nitrogens with zero attached hydrogens (tertiary/aromatic N) is 1. The summed E-state index contributed by atoms with van der Waals surface area (Å²) in [6, 6.07) is 6.96. The third kappa shape index (κ3) is 5.31. The Balaban J connectivity index is 1.42. The van der Waals surface area contributed by atoms with Crippen molar-refractivity contribution < 1.29 is 29.0 Å². The van der Waals surface area contributed by atoms with Gasteiger partial charge in [-0.25, -0.2) is 4.79 Å². The molecule has 2 aliphatic rings. The molecule has 0 aliphatic carbocycles. The number of hydrogen-bond donors (Lipinski definition) is 3. The number of carbonyl (C=O) groups is 3. The van der Waals surface area contributed by atoms with Crippen LogP contribution in [0.2, 0.25) is 0 Å². The molecule has 2 atom stereocenters. The van der Waals surface area contributed by atoms with Gasteiger partial charge in [0.1, 0.15) is 6.04 Å². The Labute approximate surface area is 189 Å². The maximum atomic E-state index is 13.0. The molecule has 3 N–H and O–H groups in total. The van der Waals surface area contributed by atoms with Crippen molar-refractivity contribution in [1.82, 2.24) is 15.5 Å². The molecule has 1 aromatic heterocycles. The van der Waals surface area contributed by atoms with Gasteiger partial charge < -0.3 is 30.1 Å². The minimum absolute atomic E-state index is 0.0993. The minimum atomic E-state index is -1.05. The van der Waals surface area contributed by atoms with Crippen LogP contribution in [0.3, 0.4) is 0 Å². The van der Waals surface area contributed by atoms with E-state index < -0.39 is 24.1 Å². The van der Waals surface area contributed by atoms with Crippen LogP contribution in [0.5, 0.6) is 11.5 Å². The van der Waals surface area contributed by atoms with Crippen LogP contribution in [0.25, 0.3) is 0 Å². The maximum absolute atomic E-state index is 13.0. The molecule has 9 nitrogen and oxygen atoms in total. The molecule has 0 unspecified atom stereocenters. The first-order chi connectivity index (χ1) is 15.5. The summed E-state index contributed by atoms with van der Waals surface area (Å²) in [6.45, 7) is 1.27. The van der Waals surface area contributed by atoms with Gasteiger partial charge in [-0.15, -0.1) is 11.3 Å². The second-order valence-electron chi connectivity index (χ2n) is 7.77. The number of nitrogens with one attached hydrogen (secondary N) is 2. The van der Waals surface area contributed by atoms with Crippen molar-refractivity contribution in [3.8, 4) is 11.5 Å². The van der Waals surface area contributed by atoms with Gasteiger partial charge in [-0.05, 0) is 48.4 Å². The Bertz CT molecular complexity index is 980. The van der Waals surface area contributed by atoms with Crippen LogP contribution < -0.4 is 20.1 Å². The van der Waals surface area contributed by atoms with Gasteiger partial charge in [0.2, 0.25) is 12.7 Å². The van der Waals surface area contributed by atoms with Gasteiger partial charge in [0, 0.05) is 11.4 Å². The summed E-state index contributed by atoms with van der Waals surface area (Å²) in [5, 5.41) is 16.8. The molecule has 170 valence electrons. The second kappa shape index (κ2) is 9.90. The van der Waals surface area contributed by atoms with E-state index >= 15 is 0 Å². The van der Waals surface area contributed by atoms with E-state index in [2.05, 4.69) is 10.6 Å². The number of carbonyl (C=O) groups excluding carboxylic acids is 2. The van der Waals surface area contributed by atoms with E-state index in [-0.39, 0.29) is 19.1 Å². The lowest BCUT2D eigenvalue weighted by Gasteiger charge is -2.25. The van der Waals surface area contributed by atoms with Gasteiger partial charge in [0.15, 0.2) is 11.5 Å². The van der Waals surface area contributed by atoms with Crippen LogP contribution in [-0.2, 0) is 16.1 Å². The molecular weight excluding hydrogens is 434 g/mol. The summed E-state index contributed by atoms with van der Waals surface area (Å²) in [4.78, 5) is 40.0. The number of amides is 3. The SMILES string of the molecule is O=C(O)C[C@@H](NC(=O)N[C@H]1CCCCN(Cc2cccs2)C1=O)c1ccc2c(c1)OCO2. The minimum Gasteiger partial charge on any atom is -0.481 e. The zero-order valence-corrected chi connectivity index (χ0v) is 18.2. The van der Waals surface area contributed by atoms with Crippen LogP contribution in [0.4, 0.5) is 4.79 Å². The van der Waals surface area contributed by atoms with Crippen LogP contribution in [0.15, 0.2) is 35.7 Å². The highest BCUT2D eigenvalue weighted by Crippen LogP contribution is 2.34. The zero-order chi connectivity index (χ0) is 22.5. The van der Waals surface area contributed by atoms with E-state index in [0.717, 1.165) is 17.7 Å². The van der Waals surface area contributed by atoms with E-state index in [1.54, 1.807) is 34.4 Å². The Morgan fingerprint density at radius 2 is 2.06 bits per heavy atom. The fourth-order valence-electron chi connectivity index (χ4n) is 3.90. The standard InChI is InChI=1S/C22H25N3O6S/c26-20(27)11-17(14-6-7-18-19(10-14)31-13-30-18)24-22(29)23-16-5-1-2-8-25(21(16)28)12-15-4-3-9-32-15/h3-4,6-7,9-10,16-17H,1-2,5,8,11-13H2,(H,26,27)(H2,23,24,29)/t16-,17+/m0/s1. The van der Waals surface area contributed by atoms with Gasteiger partial charge >= 0.3 is 12.0 Å². The van der Waals surface area contributed by atoms with Gasteiger partial charge in [-0.3, -0.25) is 9.59 Å². The van der Waals surface area contributed by atoms with Crippen LogP contribution in [0, 0.1) is 0 Å². The average molecular weight is 460 g/mol. The molecule has 4 rings (SSSR count). The summed E-state index contributed by atoms with van der Waals surface area (Å²) in [6.07, 6.45) is 1.92. The monoisotopic (exact) mass is 459 g/mol. The van der Waals surface area contributed by atoms with Crippen molar-refractivity contribution in [2.75, 3.05) is 13.3 Å². The van der Waals surface area contributed by atoms with Crippen molar-refractivity contribution in [3.63, 3.8) is 0 Å². The summed E-state index contributed by atoms with van der Waals surface area (Å²) in [5.41, 5.74) is 0.582. The highest BCUT2D eigenvalue weighted by molar-refractivity contribution is 7.09. The quantitative estimate of drug-likeness (QED) is 0.586. The predicted octanol–water partition coefficient (Wildman–Crippen LogP) is 2.87. The van der Waals surface area contributed by atoms with E-state index in [1.807, 2.05) is 17.5 Å². The third-order valence-electron chi connectivity index (χ3n) is 5.50. The molecule has 0 saturated carbocycles. The highest BCUT2D eigenvalue weighted by atomic mass is 32.1. The third-order valence-corrected chi connectivity index (χ3v) is 6.36. The van der Waals surface area contributed by atoms with Crippen molar-refractivity contribution in [2.24, 2.45) is 0 Å². The summed E-state index contributed by atoms with van der Waals surface area (Å²) in [7, 11) is 0. The zero-order valence-electron chi connectivity index (χ0n) is 17.4. The molecule has 2 aliphatic heterocycles. The number of benzene rings is 1. The summed E-state index contributed by atoms with van der Waals surface area (Å²) in [5.74, 6) is -0.102. The number of urea groups is 1. The average Bonchev–Trinajstić information content (AvgIpc) is 3.41. The van der Waals surface area contributed by atoms with Crippen LogP contribution in [-0.4, -0.2) is 47.3 Å². The van der Waals surface area contributed by atoms with Crippen LogP contribution >= 0.6 is 11.3 Å². The lowest BCUT2D eigenvalue weighted by molar-refractivity contribution is -0.137. The number of fused-ring (bicyclic) bond motifs is 1. The molecule has 1 fully saturated rings. The number of carboxylic acid groups (broad SMARTS) is 1. The van der Waals surface area contributed by atoms with Crippen molar-refractivity contribution in [3.05, 3.63) is 46.2 Å². The normalized spacial score (nSPS) is 18.7. The molecule has 0 spiro atoms. The molecule has 1 aromatic carbocycles. The first-order valence-electron chi connectivity index (χ1n) is 10.5. The maximum Gasteiger partial charge on any atom is 0.315 e. The summed E-state index contributed by atoms with van der Waals surface area (Å²) < 4.78 is 10.6. The van der Waals surface area contributed by atoms with Gasteiger partial charge in [-0.1, -0.05) is 12.1 Å². The number of hydrogen-bond acceptors (Lipinski definition) is 6. The largest absolute Gasteiger partial charge is 0.481 e. The Morgan fingerprint density at radius 3 is 2.84 bits per heavy atom. The summed E-state index contributed by atoms with van der Waals surface area (Å²) >= 11 is 1.59. The Morgan fingerprint density at radius 1 is 1.22 bits per heavy atom. The molecule has 3 heterocycles. The number of rotatable bonds is 7. The van der Waals surface area contributed by atoms with Gasteiger partial charge in [-0.2, -0.15) is 0 Å². The van der Waals surface area contributed by atoms with E-state index in [4.69, 9.17) is 9.47 Å². The van der Waals surface area contributed by atoms with E-state index in [1.165, 1.54) is 0 Å². The first kappa shape index (κ1) is 21.9. The number of aliphatic carboxylic acids is 1. The fraction of sp³-hybridized carbons (Fsp3) is 0.409. The Kier molecular flexibility index (Phi) is 6.79. The Hall–Kier alpha value is -3.27. The van der Waals surface area contributed by atoms with Gasteiger partial charge in [0.25, 0.3) is 0 Å². The number of carboxylic acids is 1. The highest BCUT2D eigenvalue weighted by Gasteiger charge is 2.30. The van der Waals surface area contributed by atoms with Crippen molar-refractivity contribution in [2.45, 2.75) is 44.3 Å².